The van der Waals surface area contributed by atoms with Crippen LogP contribution in [0, 0.1) is 10.1 Å². The number of hydrogen-bond donors (Lipinski definition) is 1. The zero-order valence-electron chi connectivity index (χ0n) is 14.4. The molecule has 0 bridgehead atoms. The molecule has 1 unspecified atom stereocenters. The number of nitrogens with one attached hydrogen (secondary N) is 1. The minimum Gasteiger partial charge on any atom is -0.319 e. The van der Waals surface area contributed by atoms with Crippen LogP contribution in [0.25, 0.3) is 0 Å². The Kier molecular flexibility index (Phi) is 5.54. The van der Waals surface area contributed by atoms with Gasteiger partial charge in [0.25, 0.3) is 5.69 Å². The summed E-state index contributed by atoms with van der Waals surface area (Å²) >= 11 is 5.81. The van der Waals surface area contributed by atoms with Crippen LogP contribution < -0.4 is 5.32 Å². The fourth-order valence-corrected chi connectivity index (χ4v) is 3.64. The molecule has 1 aliphatic carbocycles. The number of rotatable bonds is 5. The van der Waals surface area contributed by atoms with Gasteiger partial charge in [-0.3, -0.25) is 19.8 Å². The molecule has 1 aliphatic rings. The predicted molar refractivity (Wildman–Crippen MR) is 101 cm³/mol. The molecule has 136 valence electrons. The van der Waals surface area contributed by atoms with Crippen LogP contribution in [0.3, 0.4) is 0 Å². The molecule has 0 heterocycles. The van der Waals surface area contributed by atoms with E-state index in [0.717, 1.165) is 19.3 Å². The maximum atomic E-state index is 12.4. The van der Waals surface area contributed by atoms with Gasteiger partial charge in [-0.15, -0.1) is 0 Å². The van der Waals surface area contributed by atoms with Gasteiger partial charge in [0, 0.05) is 17.1 Å². The molecular formula is C19H20ClN3O3. The molecule has 2 aromatic rings. The SMILES string of the molecule is CN(CC(=O)Nc1ccc(Cl)cc1[N+](=O)[O-])C1CCCc2ccccc21. The Hall–Kier alpha value is -2.44. The summed E-state index contributed by atoms with van der Waals surface area (Å²) in [6.07, 6.45) is 3.13. The number of likely N-dealkylation sites (N-methyl/N-ethyl adjacent to an activating group) is 1. The Bertz CT molecular complexity index is 841. The highest BCUT2D eigenvalue weighted by Crippen LogP contribution is 2.33. The minimum absolute atomic E-state index is 0.152. The van der Waals surface area contributed by atoms with Crippen molar-refractivity contribution in [3.63, 3.8) is 0 Å². The number of aryl methyl sites for hydroxylation is 1. The Morgan fingerprint density at radius 1 is 1.35 bits per heavy atom. The van der Waals surface area contributed by atoms with Crippen LogP contribution in [0.5, 0.6) is 0 Å². The molecule has 1 amide bonds. The molecule has 0 aromatic heterocycles. The van der Waals surface area contributed by atoms with Crippen molar-refractivity contribution in [1.29, 1.82) is 0 Å². The number of carbonyl (C=O) groups is 1. The van der Waals surface area contributed by atoms with Crippen LogP contribution in [0.15, 0.2) is 42.5 Å². The van der Waals surface area contributed by atoms with Gasteiger partial charge in [-0.1, -0.05) is 35.9 Å². The summed E-state index contributed by atoms with van der Waals surface area (Å²) in [5.74, 6) is -0.291. The quantitative estimate of drug-likeness (QED) is 0.629. The highest BCUT2D eigenvalue weighted by atomic mass is 35.5. The molecule has 1 N–H and O–H groups in total. The molecule has 1 atom stereocenters. The monoisotopic (exact) mass is 373 g/mol. The molecule has 0 saturated heterocycles. The van der Waals surface area contributed by atoms with Gasteiger partial charge < -0.3 is 5.32 Å². The average molecular weight is 374 g/mol. The summed E-state index contributed by atoms with van der Waals surface area (Å²) in [4.78, 5) is 25.0. The van der Waals surface area contributed by atoms with Gasteiger partial charge in [-0.2, -0.15) is 0 Å². The van der Waals surface area contributed by atoms with Crippen LogP contribution in [-0.4, -0.2) is 29.3 Å². The van der Waals surface area contributed by atoms with Crippen LogP contribution in [0.4, 0.5) is 11.4 Å². The van der Waals surface area contributed by atoms with Gasteiger partial charge in [0.15, 0.2) is 0 Å². The zero-order valence-corrected chi connectivity index (χ0v) is 15.2. The number of nitrogens with zero attached hydrogens (tertiary/aromatic N) is 2. The first-order valence-corrected chi connectivity index (χ1v) is 8.85. The van der Waals surface area contributed by atoms with E-state index in [9.17, 15) is 14.9 Å². The zero-order chi connectivity index (χ0) is 18.7. The fourth-order valence-electron chi connectivity index (χ4n) is 3.47. The van der Waals surface area contributed by atoms with Gasteiger partial charge in [0.1, 0.15) is 5.69 Å². The standard InChI is InChI=1S/C19H20ClN3O3/c1-22(17-8-4-6-13-5-2-3-7-15(13)17)12-19(24)21-16-10-9-14(20)11-18(16)23(25)26/h2-3,5,7,9-11,17H,4,6,8,12H2,1H3,(H,21,24). The van der Waals surface area contributed by atoms with Crippen LogP contribution in [-0.2, 0) is 11.2 Å². The maximum absolute atomic E-state index is 12.4. The van der Waals surface area contributed by atoms with Crippen molar-refractivity contribution in [3.05, 3.63) is 68.7 Å². The van der Waals surface area contributed by atoms with Crippen LogP contribution in [0.2, 0.25) is 5.02 Å². The third-order valence-corrected chi connectivity index (χ3v) is 4.93. The van der Waals surface area contributed by atoms with E-state index in [4.69, 9.17) is 11.6 Å². The molecule has 6 nitrogen and oxygen atoms in total. The van der Waals surface area contributed by atoms with E-state index in [1.54, 1.807) is 0 Å². The third kappa shape index (κ3) is 4.03. The van der Waals surface area contributed by atoms with E-state index in [2.05, 4.69) is 17.4 Å². The van der Waals surface area contributed by atoms with Gasteiger partial charge in [0.05, 0.1) is 11.5 Å². The Morgan fingerprint density at radius 2 is 2.12 bits per heavy atom. The largest absolute Gasteiger partial charge is 0.319 e. The Balaban J connectivity index is 1.71. The number of carbonyl (C=O) groups excluding carboxylic acids is 1. The number of fused-ring (bicyclic) bond motifs is 1. The lowest BCUT2D eigenvalue weighted by Gasteiger charge is -2.32. The Morgan fingerprint density at radius 3 is 2.88 bits per heavy atom. The van der Waals surface area contributed by atoms with E-state index in [1.807, 2.05) is 24.1 Å². The maximum Gasteiger partial charge on any atom is 0.294 e. The summed E-state index contributed by atoms with van der Waals surface area (Å²) in [5, 5.41) is 14.0. The number of nitro benzene ring substituents is 1. The van der Waals surface area contributed by atoms with E-state index in [1.165, 1.54) is 29.3 Å². The topological polar surface area (TPSA) is 75.5 Å². The molecule has 2 aromatic carbocycles. The van der Waals surface area contributed by atoms with Crippen LogP contribution >= 0.6 is 11.6 Å². The second-order valence-electron chi connectivity index (χ2n) is 6.49. The second-order valence-corrected chi connectivity index (χ2v) is 6.93. The van der Waals surface area contributed by atoms with Gasteiger partial charge in [0.2, 0.25) is 5.91 Å². The van der Waals surface area contributed by atoms with E-state index >= 15 is 0 Å². The van der Waals surface area contributed by atoms with Crippen molar-refractivity contribution in [1.82, 2.24) is 4.90 Å². The molecule has 0 saturated carbocycles. The number of benzene rings is 2. The summed E-state index contributed by atoms with van der Waals surface area (Å²) in [6.45, 7) is 0.152. The third-order valence-electron chi connectivity index (χ3n) is 4.69. The lowest BCUT2D eigenvalue weighted by atomic mass is 9.87. The summed E-state index contributed by atoms with van der Waals surface area (Å²) < 4.78 is 0. The molecule has 0 radical (unpaired) electrons. The highest BCUT2D eigenvalue weighted by Gasteiger charge is 2.25. The van der Waals surface area contributed by atoms with Crippen molar-refractivity contribution in [2.24, 2.45) is 0 Å². The molecule has 3 rings (SSSR count). The van der Waals surface area contributed by atoms with Gasteiger partial charge >= 0.3 is 0 Å². The molecule has 0 aliphatic heterocycles. The van der Waals surface area contributed by atoms with Gasteiger partial charge in [-0.25, -0.2) is 0 Å². The second kappa shape index (κ2) is 7.85. The number of nitro groups is 1. The lowest BCUT2D eigenvalue weighted by molar-refractivity contribution is -0.383. The number of amides is 1. The number of anilines is 1. The first-order chi connectivity index (χ1) is 12.5. The van der Waals surface area contributed by atoms with Gasteiger partial charge in [-0.05, 0) is 49.6 Å². The molecule has 26 heavy (non-hydrogen) atoms. The minimum atomic E-state index is -0.553. The van der Waals surface area contributed by atoms with E-state index in [-0.39, 0.29) is 34.9 Å². The van der Waals surface area contributed by atoms with Crippen LogP contribution in [0.1, 0.15) is 30.0 Å². The smallest absolute Gasteiger partial charge is 0.294 e. The summed E-state index contributed by atoms with van der Waals surface area (Å²) in [7, 11) is 1.91. The highest BCUT2D eigenvalue weighted by molar-refractivity contribution is 6.31. The summed E-state index contributed by atoms with van der Waals surface area (Å²) in [5.41, 5.74) is 2.52. The molecule has 0 fully saturated rings. The first-order valence-electron chi connectivity index (χ1n) is 8.47. The van der Waals surface area contributed by atoms with Crippen molar-refractivity contribution in [3.8, 4) is 0 Å². The van der Waals surface area contributed by atoms with E-state index in [0.29, 0.717) is 0 Å². The number of halogens is 1. The van der Waals surface area contributed by atoms with Crippen molar-refractivity contribution >= 4 is 28.9 Å². The Labute approximate surface area is 156 Å². The predicted octanol–water partition coefficient (Wildman–Crippen LogP) is 4.20. The fraction of sp³-hybridized carbons (Fsp3) is 0.316. The lowest BCUT2D eigenvalue weighted by Crippen LogP contribution is -2.35. The molecule has 7 heteroatoms. The van der Waals surface area contributed by atoms with Crippen molar-refractivity contribution in [2.45, 2.75) is 25.3 Å². The normalized spacial score (nSPS) is 16.2. The first kappa shape index (κ1) is 18.4. The van der Waals surface area contributed by atoms with E-state index < -0.39 is 4.92 Å². The molecule has 0 spiro atoms. The van der Waals surface area contributed by atoms with Crippen molar-refractivity contribution < 1.29 is 9.72 Å². The average Bonchev–Trinajstić information content (AvgIpc) is 2.62. The summed E-state index contributed by atoms with van der Waals surface area (Å²) in [6, 6.07) is 12.7. The van der Waals surface area contributed by atoms with Crippen molar-refractivity contribution in [2.75, 3.05) is 18.9 Å². The number of hydrogen-bond acceptors (Lipinski definition) is 4. The molecular weight excluding hydrogens is 354 g/mol.